The number of hydrogen-bond acceptors (Lipinski definition) is 3. The molecule has 0 saturated heterocycles. The lowest BCUT2D eigenvalue weighted by Gasteiger charge is -2.12. The van der Waals surface area contributed by atoms with Crippen molar-refractivity contribution < 1.29 is 9.21 Å². The topological polar surface area (TPSA) is 42.2 Å². The summed E-state index contributed by atoms with van der Waals surface area (Å²) >= 11 is 1.54. The summed E-state index contributed by atoms with van der Waals surface area (Å²) in [6, 6.07) is 23.7. The monoisotopic (exact) mass is 347 g/mol. The van der Waals surface area contributed by atoms with E-state index in [2.05, 4.69) is 5.32 Å². The number of furan rings is 1. The first kappa shape index (κ1) is 15.8. The van der Waals surface area contributed by atoms with Crippen LogP contribution in [-0.4, -0.2) is 11.2 Å². The van der Waals surface area contributed by atoms with Gasteiger partial charge < -0.3 is 9.73 Å². The van der Waals surface area contributed by atoms with Crippen molar-refractivity contribution in [3.8, 4) is 0 Å². The summed E-state index contributed by atoms with van der Waals surface area (Å²) < 4.78 is 5.87. The molecule has 0 aliphatic heterocycles. The van der Waals surface area contributed by atoms with Crippen molar-refractivity contribution in [3.05, 3.63) is 72.8 Å². The predicted molar refractivity (Wildman–Crippen MR) is 104 cm³/mol. The summed E-state index contributed by atoms with van der Waals surface area (Å²) in [5.41, 5.74) is 2.38. The Kier molecular flexibility index (Phi) is 4.20. The number of amides is 1. The van der Waals surface area contributed by atoms with Gasteiger partial charge in [0.05, 0.1) is 5.25 Å². The molecule has 1 amide bonds. The number of carbonyl (C=O) groups is 1. The van der Waals surface area contributed by atoms with Gasteiger partial charge in [0.2, 0.25) is 5.91 Å². The number of benzene rings is 3. The van der Waals surface area contributed by atoms with Crippen LogP contribution in [0.15, 0.2) is 82.1 Å². The summed E-state index contributed by atoms with van der Waals surface area (Å²) in [5.74, 6) is -0.0238. The van der Waals surface area contributed by atoms with E-state index >= 15 is 0 Å². The average molecular weight is 347 g/mol. The Bertz CT molecular complexity index is 1040. The molecule has 4 rings (SSSR count). The van der Waals surface area contributed by atoms with E-state index in [9.17, 15) is 4.79 Å². The van der Waals surface area contributed by atoms with Gasteiger partial charge in [0.1, 0.15) is 11.2 Å². The first-order valence-electron chi connectivity index (χ1n) is 8.14. The van der Waals surface area contributed by atoms with Crippen LogP contribution in [-0.2, 0) is 4.79 Å². The van der Waals surface area contributed by atoms with E-state index in [-0.39, 0.29) is 11.2 Å². The fraction of sp³-hybridized carbons (Fsp3) is 0.0952. The van der Waals surface area contributed by atoms with Crippen LogP contribution < -0.4 is 5.32 Å². The van der Waals surface area contributed by atoms with Gasteiger partial charge in [-0.15, -0.1) is 11.8 Å². The molecule has 0 radical (unpaired) electrons. The van der Waals surface area contributed by atoms with Crippen LogP contribution in [0.1, 0.15) is 6.92 Å². The molecule has 3 aromatic carbocycles. The number of rotatable bonds is 4. The van der Waals surface area contributed by atoms with Crippen LogP contribution in [0.25, 0.3) is 21.9 Å². The van der Waals surface area contributed by atoms with Gasteiger partial charge in [-0.3, -0.25) is 4.79 Å². The molecule has 3 nitrogen and oxygen atoms in total. The SMILES string of the molecule is C[C@H](Sc1ccccc1)C(=O)Nc1ccc2c(c1)oc1ccccc12. The largest absolute Gasteiger partial charge is 0.456 e. The second kappa shape index (κ2) is 6.65. The maximum atomic E-state index is 12.5. The zero-order valence-electron chi connectivity index (χ0n) is 13.7. The Morgan fingerprint density at radius 3 is 2.48 bits per heavy atom. The van der Waals surface area contributed by atoms with Crippen LogP contribution in [0.3, 0.4) is 0 Å². The van der Waals surface area contributed by atoms with Crippen molar-refractivity contribution in [1.29, 1.82) is 0 Å². The van der Waals surface area contributed by atoms with Crippen molar-refractivity contribution in [3.63, 3.8) is 0 Å². The molecular formula is C21H17NO2S. The summed E-state index contributed by atoms with van der Waals surface area (Å²) in [7, 11) is 0. The standard InChI is InChI=1S/C21H17NO2S/c1-14(25-16-7-3-2-4-8-16)21(23)22-15-11-12-18-17-9-5-6-10-19(17)24-20(18)13-15/h2-14H,1H3,(H,22,23)/t14-/m0/s1. The van der Waals surface area contributed by atoms with Gasteiger partial charge in [-0.1, -0.05) is 36.4 Å². The third kappa shape index (κ3) is 3.26. The molecule has 0 fully saturated rings. The minimum absolute atomic E-state index is 0.0238. The van der Waals surface area contributed by atoms with Gasteiger partial charge in [0, 0.05) is 27.4 Å². The van der Waals surface area contributed by atoms with Crippen molar-refractivity contribution >= 4 is 45.3 Å². The van der Waals surface area contributed by atoms with E-state index in [1.807, 2.05) is 79.7 Å². The summed E-state index contributed by atoms with van der Waals surface area (Å²) in [6.45, 7) is 1.91. The van der Waals surface area contributed by atoms with Gasteiger partial charge in [-0.25, -0.2) is 0 Å². The highest BCUT2D eigenvalue weighted by molar-refractivity contribution is 8.00. The molecule has 124 valence electrons. The molecule has 0 unspecified atom stereocenters. The Labute approximate surface area is 150 Å². The van der Waals surface area contributed by atoms with Crippen LogP contribution in [0.4, 0.5) is 5.69 Å². The lowest BCUT2D eigenvalue weighted by Crippen LogP contribution is -2.22. The molecule has 1 aromatic heterocycles. The highest BCUT2D eigenvalue weighted by Gasteiger charge is 2.15. The highest BCUT2D eigenvalue weighted by atomic mass is 32.2. The van der Waals surface area contributed by atoms with E-state index in [1.165, 1.54) is 0 Å². The summed E-state index contributed by atoms with van der Waals surface area (Å²) in [6.07, 6.45) is 0. The molecule has 4 heteroatoms. The van der Waals surface area contributed by atoms with Crippen LogP contribution in [0, 0.1) is 0 Å². The number of anilines is 1. The Hall–Kier alpha value is -2.72. The first-order chi connectivity index (χ1) is 12.2. The van der Waals surface area contributed by atoms with Crippen molar-refractivity contribution in [2.24, 2.45) is 0 Å². The zero-order valence-corrected chi connectivity index (χ0v) is 14.5. The molecule has 4 aromatic rings. The third-order valence-corrected chi connectivity index (χ3v) is 5.18. The van der Waals surface area contributed by atoms with Crippen molar-refractivity contribution in [1.82, 2.24) is 0 Å². The Balaban J connectivity index is 1.53. The van der Waals surface area contributed by atoms with E-state index in [0.29, 0.717) is 0 Å². The van der Waals surface area contributed by atoms with Gasteiger partial charge in [0.15, 0.2) is 0 Å². The lowest BCUT2D eigenvalue weighted by atomic mass is 10.1. The van der Waals surface area contributed by atoms with Crippen LogP contribution >= 0.6 is 11.8 Å². The molecule has 0 spiro atoms. The second-order valence-electron chi connectivity index (χ2n) is 5.87. The third-order valence-electron chi connectivity index (χ3n) is 4.07. The minimum Gasteiger partial charge on any atom is -0.456 e. The predicted octanol–water partition coefficient (Wildman–Crippen LogP) is 5.71. The van der Waals surface area contributed by atoms with Gasteiger partial charge in [-0.05, 0) is 37.3 Å². The number of fused-ring (bicyclic) bond motifs is 3. The van der Waals surface area contributed by atoms with E-state index in [4.69, 9.17) is 4.42 Å². The van der Waals surface area contributed by atoms with E-state index in [0.717, 1.165) is 32.5 Å². The molecular weight excluding hydrogens is 330 g/mol. The molecule has 1 heterocycles. The minimum atomic E-state index is -0.186. The molecule has 25 heavy (non-hydrogen) atoms. The Morgan fingerprint density at radius 1 is 0.920 bits per heavy atom. The van der Waals surface area contributed by atoms with Crippen LogP contribution in [0.5, 0.6) is 0 Å². The van der Waals surface area contributed by atoms with E-state index < -0.39 is 0 Å². The van der Waals surface area contributed by atoms with E-state index in [1.54, 1.807) is 11.8 Å². The van der Waals surface area contributed by atoms with Crippen LogP contribution in [0.2, 0.25) is 0 Å². The fourth-order valence-corrected chi connectivity index (χ4v) is 3.69. The normalized spacial score (nSPS) is 12.4. The van der Waals surface area contributed by atoms with Gasteiger partial charge >= 0.3 is 0 Å². The number of carbonyl (C=O) groups excluding carboxylic acids is 1. The maximum Gasteiger partial charge on any atom is 0.237 e. The molecule has 0 aliphatic rings. The molecule has 1 N–H and O–H groups in total. The average Bonchev–Trinajstić information content (AvgIpc) is 3.00. The van der Waals surface area contributed by atoms with Gasteiger partial charge in [0.25, 0.3) is 0 Å². The fourth-order valence-electron chi connectivity index (χ4n) is 2.80. The molecule has 1 atom stereocenters. The molecule has 0 aliphatic carbocycles. The Morgan fingerprint density at radius 2 is 1.64 bits per heavy atom. The highest BCUT2D eigenvalue weighted by Crippen LogP contribution is 2.31. The van der Waals surface area contributed by atoms with Gasteiger partial charge in [-0.2, -0.15) is 0 Å². The zero-order chi connectivity index (χ0) is 17.2. The number of para-hydroxylation sites is 1. The maximum absolute atomic E-state index is 12.5. The number of nitrogens with one attached hydrogen (secondary N) is 1. The molecule has 0 saturated carbocycles. The van der Waals surface area contributed by atoms with Crippen molar-refractivity contribution in [2.75, 3.05) is 5.32 Å². The number of hydrogen-bond donors (Lipinski definition) is 1. The summed E-state index contributed by atoms with van der Waals surface area (Å²) in [4.78, 5) is 13.5. The first-order valence-corrected chi connectivity index (χ1v) is 9.02. The van der Waals surface area contributed by atoms with Crippen molar-refractivity contribution in [2.45, 2.75) is 17.1 Å². The quantitative estimate of drug-likeness (QED) is 0.481. The summed E-state index contributed by atoms with van der Waals surface area (Å²) in [5, 5.41) is 4.93. The second-order valence-corrected chi connectivity index (χ2v) is 7.29. The number of thioether (sulfide) groups is 1. The smallest absolute Gasteiger partial charge is 0.237 e. The molecule has 0 bridgehead atoms. The lowest BCUT2D eigenvalue weighted by molar-refractivity contribution is -0.115.